The first kappa shape index (κ1) is 17.6. The molecule has 2 N–H and O–H groups in total. The van der Waals surface area contributed by atoms with Crippen molar-refractivity contribution in [2.24, 2.45) is 0 Å². The van der Waals surface area contributed by atoms with Gasteiger partial charge in [0.25, 0.3) is 0 Å². The molecule has 0 fully saturated rings. The van der Waals surface area contributed by atoms with Gasteiger partial charge in [-0.25, -0.2) is 0 Å². The lowest BCUT2D eigenvalue weighted by molar-refractivity contribution is 0.237. The molecule has 2 aromatic carbocycles. The third-order valence-corrected chi connectivity index (χ3v) is 3.00. The fraction of sp³-hybridized carbons (Fsp3) is 0.263. The largest absolute Gasteiger partial charge is 0.508 e. The van der Waals surface area contributed by atoms with E-state index < -0.39 is 0 Å². The number of rotatable bonds is 3. The highest BCUT2D eigenvalue weighted by molar-refractivity contribution is 5.42. The minimum atomic E-state index is -0.136. The summed E-state index contributed by atoms with van der Waals surface area (Å²) in [4.78, 5) is 0. The van der Waals surface area contributed by atoms with E-state index in [2.05, 4.69) is 6.58 Å². The van der Waals surface area contributed by atoms with Crippen molar-refractivity contribution >= 4 is 0 Å². The lowest BCUT2D eigenvalue weighted by atomic mass is 9.86. The van der Waals surface area contributed by atoms with Gasteiger partial charge < -0.3 is 14.9 Å². The molecule has 22 heavy (non-hydrogen) atoms. The number of phenols is 2. The molecule has 0 spiro atoms. The van der Waals surface area contributed by atoms with Gasteiger partial charge in [-0.2, -0.15) is 0 Å². The summed E-state index contributed by atoms with van der Waals surface area (Å²) in [6.07, 6.45) is 1.45. The first-order valence-corrected chi connectivity index (χ1v) is 7.13. The highest BCUT2D eigenvalue weighted by atomic mass is 16.5. The van der Waals surface area contributed by atoms with Gasteiger partial charge in [0.2, 0.25) is 0 Å². The molecular weight excluding hydrogens is 276 g/mol. The maximum Gasteiger partial charge on any atom is 0.119 e. The highest BCUT2D eigenvalue weighted by Gasteiger charge is 2.17. The summed E-state index contributed by atoms with van der Waals surface area (Å²) >= 11 is 0. The molecule has 3 heteroatoms. The molecule has 2 rings (SSSR count). The monoisotopic (exact) mass is 300 g/mol. The Morgan fingerprint density at radius 2 is 1.68 bits per heavy atom. The van der Waals surface area contributed by atoms with Crippen molar-refractivity contribution in [3.05, 3.63) is 72.5 Å². The topological polar surface area (TPSA) is 49.7 Å². The van der Waals surface area contributed by atoms with Crippen LogP contribution in [-0.2, 0) is 16.8 Å². The first-order chi connectivity index (χ1) is 10.3. The number of ether oxygens (including phenoxy) is 1. The smallest absolute Gasteiger partial charge is 0.119 e. The Balaban J connectivity index is 0.000000224. The zero-order chi connectivity index (χ0) is 16.6. The van der Waals surface area contributed by atoms with Gasteiger partial charge in [0, 0.05) is 5.56 Å². The van der Waals surface area contributed by atoms with E-state index >= 15 is 0 Å². The molecule has 118 valence electrons. The average Bonchev–Trinajstić information content (AvgIpc) is 2.48. The first-order valence-electron chi connectivity index (χ1n) is 7.13. The van der Waals surface area contributed by atoms with Gasteiger partial charge in [-0.1, -0.05) is 57.7 Å². The van der Waals surface area contributed by atoms with Gasteiger partial charge >= 0.3 is 0 Å². The Bertz CT molecular complexity index is 583. The minimum absolute atomic E-state index is 0.136. The predicted molar refractivity (Wildman–Crippen MR) is 89.9 cm³/mol. The molecular formula is C19H24O3. The van der Waals surface area contributed by atoms with Crippen molar-refractivity contribution in [1.82, 2.24) is 0 Å². The second kappa shape index (κ2) is 8.13. The summed E-state index contributed by atoms with van der Waals surface area (Å²) in [5.41, 5.74) is 1.80. The van der Waals surface area contributed by atoms with E-state index in [0.717, 1.165) is 5.56 Å². The molecule has 0 heterocycles. The van der Waals surface area contributed by atoms with E-state index in [9.17, 15) is 10.2 Å². The highest BCUT2D eigenvalue weighted by Crippen LogP contribution is 2.32. The van der Waals surface area contributed by atoms with E-state index in [1.807, 2.05) is 51.1 Å². The van der Waals surface area contributed by atoms with Crippen LogP contribution in [0.5, 0.6) is 11.5 Å². The molecule has 3 nitrogen and oxygen atoms in total. The van der Waals surface area contributed by atoms with E-state index in [4.69, 9.17) is 4.74 Å². The maximum absolute atomic E-state index is 9.46. The van der Waals surface area contributed by atoms with Gasteiger partial charge in [-0.05, 0) is 29.2 Å². The predicted octanol–water partition coefficient (Wildman–Crippen LogP) is 4.74. The van der Waals surface area contributed by atoms with Crippen LogP contribution in [-0.4, -0.2) is 10.2 Å². The van der Waals surface area contributed by atoms with Crippen LogP contribution in [0, 0.1) is 0 Å². The zero-order valence-electron chi connectivity index (χ0n) is 13.4. The van der Waals surface area contributed by atoms with Crippen LogP contribution in [0.3, 0.4) is 0 Å². The van der Waals surface area contributed by atoms with Crippen molar-refractivity contribution in [2.45, 2.75) is 32.8 Å². The summed E-state index contributed by atoms with van der Waals surface area (Å²) in [5.74, 6) is 0.429. The second-order valence-corrected chi connectivity index (χ2v) is 5.91. The third kappa shape index (κ3) is 5.92. The van der Waals surface area contributed by atoms with Crippen molar-refractivity contribution in [3.63, 3.8) is 0 Å². The van der Waals surface area contributed by atoms with E-state index in [-0.39, 0.29) is 16.9 Å². The van der Waals surface area contributed by atoms with E-state index in [1.54, 1.807) is 6.07 Å². The fourth-order valence-electron chi connectivity index (χ4n) is 1.85. The molecule has 0 bridgehead atoms. The Morgan fingerprint density at radius 1 is 1.05 bits per heavy atom. The van der Waals surface area contributed by atoms with Crippen LogP contribution in [0.2, 0.25) is 0 Å². The van der Waals surface area contributed by atoms with E-state index in [1.165, 1.54) is 24.0 Å². The molecule has 0 amide bonds. The Kier molecular flexibility index (Phi) is 6.51. The average molecular weight is 300 g/mol. The number of hydrogen-bond acceptors (Lipinski definition) is 3. The third-order valence-electron chi connectivity index (χ3n) is 3.00. The summed E-state index contributed by atoms with van der Waals surface area (Å²) < 4.78 is 4.98. The fourth-order valence-corrected chi connectivity index (χ4v) is 1.85. The number of phenolic OH excluding ortho intramolecular Hbond substituents is 2. The SMILES string of the molecule is C=COCc1ccccc1.CC(C)(C)c1cc(O)ccc1O. The zero-order valence-corrected chi connectivity index (χ0v) is 13.4. The Morgan fingerprint density at radius 3 is 2.18 bits per heavy atom. The van der Waals surface area contributed by atoms with Crippen LogP contribution >= 0.6 is 0 Å². The normalized spacial score (nSPS) is 10.3. The lowest BCUT2D eigenvalue weighted by Crippen LogP contribution is -2.10. The van der Waals surface area contributed by atoms with Crippen LogP contribution < -0.4 is 0 Å². The van der Waals surface area contributed by atoms with Gasteiger partial charge in [0.05, 0.1) is 6.26 Å². The van der Waals surface area contributed by atoms with Crippen LogP contribution in [0.25, 0.3) is 0 Å². The molecule has 0 aliphatic rings. The molecule has 0 saturated carbocycles. The summed E-state index contributed by atoms with van der Waals surface area (Å²) in [7, 11) is 0. The van der Waals surface area contributed by atoms with Gasteiger partial charge in [-0.15, -0.1) is 0 Å². The second-order valence-electron chi connectivity index (χ2n) is 5.91. The van der Waals surface area contributed by atoms with Crippen LogP contribution in [0.15, 0.2) is 61.4 Å². The molecule has 0 aliphatic heterocycles. The maximum atomic E-state index is 9.46. The Labute approximate surface area is 132 Å². The minimum Gasteiger partial charge on any atom is -0.508 e. The number of benzene rings is 2. The Hall–Kier alpha value is -2.42. The summed E-state index contributed by atoms with van der Waals surface area (Å²) in [5, 5.41) is 18.6. The van der Waals surface area contributed by atoms with Crippen LogP contribution in [0.4, 0.5) is 0 Å². The molecule has 0 radical (unpaired) electrons. The standard InChI is InChI=1S/C10H14O2.C9H10O/c1-10(2,3)8-6-7(11)4-5-9(8)12;1-2-10-8-9-6-4-3-5-7-9/h4-6,11-12H,1-3H3;2-7H,1,8H2. The van der Waals surface area contributed by atoms with Crippen LogP contribution in [0.1, 0.15) is 31.9 Å². The van der Waals surface area contributed by atoms with Gasteiger partial charge in [0.15, 0.2) is 0 Å². The molecule has 0 unspecified atom stereocenters. The quantitative estimate of drug-likeness (QED) is 0.635. The summed E-state index contributed by atoms with van der Waals surface area (Å²) in [6.45, 7) is 10.0. The number of aromatic hydroxyl groups is 2. The van der Waals surface area contributed by atoms with Crippen molar-refractivity contribution in [3.8, 4) is 11.5 Å². The molecule has 0 aliphatic carbocycles. The van der Waals surface area contributed by atoms with E-state index in [0.29, 0.717) is 6.61 Å². The molecule has 2 aromatic rings. The number of hydrogen-bond donors (Lipinski definition) is 2. The van der Waals surface area contributed by atoms with Crippen molar-refractivity contribution < 1.29 is 14.9 Å². The molecule has 0 atom stereocenters. The van der Waals surface area contributed by atoms with Gasteiger partial charge in [0.1, 0.15) is 18.1 Å². The molecule has 0 aromatic heterocycles. The van der Waals surface area contributed by atoms with Gasteiger partial charge in [-0.3, -0.25) is 0 Å². The lowest BCUT2D eigenvalue weighted by Gasteiger charge is -2.20. The molecule has 0 saturated heterocycles. The van der Waals surface area contributed by atoms with Crippen molar-refractivity contribution in [1.29, 1.82) is 0 Å². The summed E-state index contributed by atoms with van der Waals surface area (Å²) in [6, 6.07) is 14.6. The van der Waals surface area contributed by atoms with Crippen molar-refractivity contribution in [2.75, 3.05) is 0 Å².